The molecule has 7 atom stereocenters. The molecule has 3 aliphatic carbocycles. The number of aliphatic hydroxyl groups excluding tert-OH is 3. The first-order valence-electron chi connectivity index (χ1n) is 8.07. The lowest BCUT2D eigenvalue weighted by atomic mass is 9.64. The Morgan fingerprint density at radius 3 is 2.33 bits per heavy atom. The van der Waals surface area contributed by atoms with Gasteiger partial charge in [-0.15, -0.1) is 6.58 Å². The van der Waals surface area contributed by atoms with Crippen LogP contribution >= 0.6 is 0 Å². The fraction of sp³-hybridized carbons (Fsp3) is 0.882. The Morgan fingerprint density at radius 1 is 1.24 bits per heavy atom. The van der Waals surface area contributed by atoms with Crippen molar-refractivity contribution in [2.45, 2.75) is 57.3 Å². The second-order valence-electron chi connectivity index (χ2n) is 8.06. The Balaban J connectivity index is 2.02. The Labute approximate surface area is 126 Å². The van der Waals surface area contributed by atoms with E-state index in [1.165, 1.54) is 0 Å². The molecule has 0 heterocycles. The van der Waals surface area contributed by atoms with Gasteiger partial charge in [0.25, 0.3) is 0 Å². The van der Waals surface area contributed by atoms with Gasteiger partial charge in [-0.3, -0.25) is 0 Å². The molecule has 0 radical (unpaired) electrons. The highest BCUT2D eigenvalue weighted by Gasteiger charge is 2.74. The molecule has 120 valence electrons. The lowest BCUT2D eigenvalue weighted by Crippen LogP contribution is -2.53. The Morgan fingerprint density at radius 2 is 1.90 bits per heavy atom. The number of hydrogen-bond donors (Lipinski definition) is 4. The third kappa shape index (κ3) is 1.65. The maximum absolute atomic E-state index is 11.0. The van der Waals surface area contributed by atoms with Crippen LogP contribution in [0.3, 0.4) is 0 Å². The fourth-order valence-corrected chi connectivity index (χ4v) is 6.03. The minimum atomic E-state index is -0.958. The van der Waals surface area contributed by atoms with E-state index in [1.807, 2.05) is 6.08 Å². The van der Waals surface area contributed by atoms with Crippen LogP contribution in [0, 0.1) is 28.6 Å². The molecular formula is C17H28O4. The molecule has 3 fully saturated rings. The maximum atomic E-state index is 11.0. The fourth-order valence-electron chi connectivity index (χ4n) is 6.03. The van der Waals surface area contributed by atoms with Crippen molar-refractivity contribution in [2.24, 2.45) is 28.6 Å². The van der Waals surface area contributed by atoms with Gasteiger partial charge in [0.15, 0.2) is 0 Å². The summed E-state index contributed by atoms with van der Waals surface area (Å²) in [6.45, 7) is 7.30. The Bertz CT molecular complexity index is 443. The SMILES string of the molecule is C=C[C@@H]1[C@@H]2CC[C@@]1(CO)[C@@H](O)[C@]21CC[C@@H](C(C)(C)O)[C@@H]1O. The van der Waals surface area contributed by atoms with E-state index in [-0.39, 0.29) is 24.4 Å². The lowest BCUT2D eigenvalue weighted by molar-refractivity contribution is -0.143. The summed E-state index contributed by atoms with van der Waals surface area (Å²) >= 11 is 0. The van der Waals surface area contributed by atoms with Crippen LogP contribution in [-0.2, 0) is 0 Å². The zero-order valence-corrected chi connectivity index (χ0v) is 13.0. The molecular weight excluding hydrogens is 268 g/mol. The van der Waals surface area contributed by atoms with Crippen LogP contribution in [0.4, 0.5) is 0 Å². The molecule has 0 aromatic heterocycles. The molecule has 4 nitrogen and oxygen atoms in total. The molecule has 0 saturated heterocycles. The van der Waals surface area contributed by atoms with E-state index >= 15 is 0 Å². The Kier molecular flexibility index (Phi) is 3.35. The van der Waals surface area contributed by atoms with Crippen molar-refractivity contribution >= 4 is 0 Å². The van der Waals surface area contributed by atoms with Gasteiger partial charge < -0.3 is 20.4 Å². The third-order valence-corrected chi connectivity index (χ3v) is 7.04. The summed E-state index contributed by atoms with van der Waals surface area (Å²) in [5.41, 5.74) is -2.10. The summed E-state index contributed by atoms with van der Waals surface area (Å²) < 4.78 is 0. The number of fused-ring (bicyclic) bond motifs is 3. The van der Waals surface area contributed by atoms with E-state index in [2.05, 4.69) is 6.58 Å². The van der Waals surface area contributed by atoms with Gasteiger partial charge in [0.1, 0.15) is 0 Å². The smallest absolute Gasteiger partial charge is 0.0708 e. The normalized spacial score (nSPS) is 52.8. The summed E-state index contributed by atoms with van der Waals surface area (Å²) in [5, 5.41) is 42.2. The maximum Gasteiger partial charge on any atom is 0.0708 e. The van der Waals surface area contributed by atoms with Crippen LogP contribution in [0.1, 0.15) is 39.5 Å². The predicted molar refractivity (Wildman–Crippen MR) is 79.4 cm³/mol. The topological polar surface area (TPSA) is 80.9 Å². The van der Waals surface area contributed by atoms with Gasteiger partial charge in [-0.25, -0.2) is 0 Å². The van der Waals surface area contributed by atoms with E-state index < -0.39 is 28.6 Å². The van der Waals surface area contributed by atoms with Crippen LogP contribution < -0.4 is 0 Å². The molecule has 0 aromatic carbocycles. The first-order chi connectivity index (χ1) is 9.75. The number of rotatable bonds is 3. The van der Waals surface area contributed by atoms with E-state index in [0.717, 1.165) is 12.8 Å². The molecule has 2 bridgehead atoms. The standard InChI is InChI=1S/C17H28O4/c1-4-10-11-5-7-16(10,9-18)14(20)17(11)8-6-12(13(17)19)15(2,3)21/h4,10-14,18-21H,1,5-9H2,2-3H3/t10-,11+,12-,13+,14-,16+,17-/m1/s1. The van der Waals surface area contributed by atoms with E-state index in [9.17, 15) is 20.4 Å². The van der Waals surface area contributed by atoms with Crippen molar-refractivity contribution in [1.29, 1.82) is 0 Å². The van der Waals surface area contributed by atoms with Gasteiger partial charge >= 0.3 is 0 Å². The second-order valence-corrected chi connectivity index (χ2v) is 8.06. The molecule has 0 aromatic rings. The lowest BCUT2D eigenvalue weighted by Gasteiger charge is -2.46. The minimum absolute atomic E-state index is 0.0488. The van der Waals surface area contributed by atoms with Crippen molar-refractivity contribution in [3.63, 3.8) is 0 Å². The van der Waals surface area contributed by atoms with Gasteiger partial charge in [-0.05, 0) is 51.4 Å². The van der Waals surface area contributed by atoms with Crippen LogP contribution in [0.5, 0.6) is 0 Å². The second kappa shape index (κ2) is 4.54. The predicted octanol–water partition coefficient (Wildman–Crippen LogP) is 1.08. The highest BCUT2D eigenvalue weighted by atomic mass is 16.3. The van der Waals surface area contributed by atoms with Gasteiger partial charge in [0.05, 0.1) is 24.4 Å². The molecule has 4 heteroatoms. The summed E-state index contributed by atoms with van der Waals surface area (Å²) in [4.78, 5) is 0. The highest BCUT2D eigenvalue weighted by Crippen LogP contribution is 2.71. The van der Waals surface area contributed by atoms with Gasteiger partial charge in [0, 0.05) is 16.7 Å². The van der Waals surface area contributed by atoms with Crippen molar-refractivity contribution < 1.29 is 20.4 Å². The highest BCUT2D eigenvalue weighted by molar-refractivity contribution is 5.25. The third-order valence-electron chi connectivity index (χ3n) is 7.04. The molecule has 0 unspecified atom stereocenters. The quantitative estimate of drug-likeness (QED) is 0.588. The largest absolute Gasteiger partial charge is 0.396 e. The number of aliphatic hydroxyl groups is 4. The molecule has 0 aliphatic heterocycles. The average molecular weight is 296 g/mol. The molecule has 3 rings (SSSR count). The number of allylic oxidation sites excluding steroid dienone is 1. The molecule has 1 spiro atoms. The minimum Gasteiger partial charge on any atom is -0.396 e. The molecule has 3 saturated carbocycles. The van der Waals surface area contributed by atoms with Gasteiger partial charge in [-0.1, -0.05) is 6.08 Å². The summed E-state index contributed by atoms with van der Waals surface area (Å²) in [6.07, 6.45) is 3.52. The van der Waals surface area contributed by atoms with E-state index in [0.29, 0.717) is 12.8 Å². The van der Waals surface area contributed by atoms with Gasteiger partial charge in [-0.2, -0.15) is 0 Å². The summed E-state index contributed by atoms with van der Waals surface area (Å²) in [5.74, 6) is -0.0279. The van der Waals surface area contributed by atoms with Crippen LogP contribution in [0.25, 0.3) is 0 Å². The van der Waals surface area contributed by atoms with Crippen LogP contribution in [0.2, 0.25) is 0 Å². The van der Waals surface area contributed by atoms with Crippen molar-refractivity contribution in [3.8, 4) is 0 Å². The molecule has 0 amide bonds. The summed E-state index contributed by atoms with van der Waals surface area (Å²) in [7, 11) is 0. The monoisotopic (exact) mass is 296 g/mol. The molecule has 3 aliphatic rings. The Hall–Kier alpha value is -0.420. The van der Waals surface area contributed by atoms with E-state index in [4.69, 9.17) is 0 Å². The molecule has 4 N–H and O–H groups in total. The van der Waals surface area contributed by atoms with Crippen LogP contribution in [0.15, 0.2) is 12.7 Å². The average Bonchev–Trinajstić information content (AvgIpc) is 3.01. The van der Waals surface area contributed by atoms with Crippen LogP contribution in [-0.4, -0.2) is 44.8 Å². The van der Waals surface area contributed by atoms with Crippen molar-refractivity contribution in [2.75, 3.05) is 6.61 Å². The zero-order valence-electron chi connectivity index (χ0n) is 13.0. The first kappa shape index (κ1) is 15.5. The number of hydrogen-bond acceptors (Lipinski definition) is 4. The van der Waals surface area contributed by atoms with Crippen molar-refractivity contribution in [3.05, 3.63) is 12.7 Å². The zero-order chi connectivity index (χ0) is 15.6. The molecule has 21 heavy (non-hydrogen) atoms. The van der Waals surface area contributed by atoms with Gasteiger partial charge in [0.2, 0.25) is 0 Å². The first-order valence-corrected chi connectivity index (χ1v) is 8.07. The summed E-state index contributed by atoms with van der Waals surface area (Å²) in [6, 6.07) is 0. The van der Waals surface area contributed by atoms with Crippen molar-refractivity contribution in [1.82, 2.24) is 0 Å². The van der Waals surface area contributed by atoms with E-state index in [1.54, 1.807) is 13.8 Å².